The van der Waals surface area contributed by atoms with Crippen molar-refractivity contribution in [3.63, 3.8) is 0 Å². The quantitative estimate of drug-likeness (QED) is 0.789. The largest absolute Gasteiger partial charge is 0.449 e. The molecule has 1 fully saturated rings. The first kappa shape index (κ1) is 16.6. The van der Waals surface area contributed by atoms with Crippen LogP contribution in [-0.4, -0.2) is 56.8 Å². The smallest absolute Gasteiger partial charge is 0.338 e. The van der Waals surface area contributed by atoms with Crippen LogP contribution in [0.25, 0.3) is 0 Å². The molecule has 1 N–H and O–H groups in total. The van der Waals surface area contributed by atoms with Gasteiger partial charge >= 0.3 is 12.0 Å². The molecule has 3 amide bonds. The van der Waals surface area contributed by atoms with Gasteiger partial charge in [-0.15, -0.1) is 0 Å². The summed E-state index contributed by atoms with van der Waals surface area (Å²) in [6, 6.07) is 6.32. The number of carbonyl (C=O) groups is 3. The topological polar surface area (TPSA) is 106 Å². The van der Waals surface area contributed by atoms with E-state index in [1.54, 1.807) is 35.3 Å². The Hall–Kier alpha value is -3.23. The van der Waals surface area contributed by atoms with E-state index in [1.807, 2.05) is 0 Å². The first-order chi connectivity index (χ1) is 12.0. The second kappa shape index (κ2) is 7.12. The van der Waals surface area contributed by atoms with E-state index < -0.39 is 24.0 Å². The van der Waals surface area contributed by atoms with Crippen LogP contribution in [0.3, 0.4) is 0 Å². The summed E-state index contributed by atoms with van der Waals surface area (Å²) >= 11 is 0. The van der Waals surface area contributed by atoms with Crippen molar-refractivity contribution in [2.24, 2.45) is 0 Å². The van der Waals surface area contributed by atoms with Crippen molar-refractivity contribution >= 4 is 17.9 Å². The molecule has 1 unspecified atom stereocenters. The average Bonchev–Trinajstić information content (AvgIpc) is 3.26. The first-order valence-corrected chi connectivity index (χ1v) is 7.76. The van der Waals surface area contributed by atoms with Gasteiger partial charge in [-0.1, -0.05) is 12.1 Å². The fourth-order valence-electron chi connectivity index (χ4n) is 2.43. The molecular formula is C16H17N5O4. The Morgan fingerprint density at radius 1 is 1.32 bits per heavy atom. The molecule has 1 saturated heterocycles. The molecule has 0 aliphatic carbocycles. The number of carbonyl (C=O) groups excluding carboxylic acids is 3. The average molecular weight is 343 g/mol. The van der Waals surface area contributed by atoms with Crippen LogP contribution in [0.4, 0.5) is 4.79 Å². The molecule has 0 bridgehead atoms. The number of benzene rings is 1. The highest BCUT2D eigenvalue weighted by atomic mass is 16.5. The number of nitrogens with one attached hydrogen (secondary N) is 1. The van der Waals surface area contributed by atoms with Crippen LogP contribution in [0.15, 0.2) is 36.9 Å². The van der Waals surface area contributed by atoms with Gasteiger partial charge in [0, 0.05) is 13.1 Å². The Bertz CT molecular complexity index is 772. The van der Waals surface area contributed by atoms with Crippen LogP contribution in [0, 0.1) is 0 Å². The molecule has 1 aliphatic rings. The van der Waals surface area contributed by atoms with Gasteiger partial charge in [-0.05, 0) is 24.6 Å². The Morgan fingerprint density at radius 2 is 2.08 bits per heavy atom. The Kier molecular flexibility index (Phi) is 4.73. The maximum absolute atomic E-state index is 12.2. The molecule has 1 aromatic carbocycles. The van der Waals surface area contributed by atoms with Gasteiger partial charge in [-0.3, -0.25) is 9.69 Å². The van der Waals surface area contributed by atoms with E-state index in [1.165, 1.54) is 13.3 Å². The van der Waals surface area contributed by atoms with Gasteiger partial charge in [0.25, 0.3) is 5.91 Å². The SMILES string of the molecule is CC(OC(=O)c1ccc(Cn2cncn2)cc1)C(=O)N1CCNC1=O. The lowest BCUT2D eigenvalue weighted by atomic mass is 10.1. The molecule has 3 rings (SSSR count). The summed E-state index contributed by atoms with van der Waals surface area (Å²) in [5.41, 5.74) is 1.27. The van der Waals surface area contributed by atoms with Crippen molar-refractivity contribution in [3.05, 3.63) is 48.0 Å². The lowest BCUT2D eigenvalue weighted by Crippen LogP contribution is -2.41. The highest BCUT2D eigenvalue weighted by Gasteiger charge is 2.31. The predicted molar refractivity (Wildman–Crippen MR) is 85.6 cm³/mol. The van der Waals surface area contributed by atoms with E-state index in [4.69, 9.17) is 4.74 Å². The minimum Gasteiger partial charge on any atom is -0.449 e. The zero-order valence-electron chi connectivity index (χ0n) is 13.6. The summed E-state index contributed by atoms with van der Waals surface area (Å²) < 4.78 is 6.83. The van der Waals surface area contributed by atoms with Gasteiger partial charge in [0.15, 0.2) is 6.10 Å². The second-order valence-corrected chi connectivity index (χ2v) is 5.56. The standard InChI is InChI=1S/C16H17N5O4/c1-11(14(22)21-7-6-18-16(21)24)25-15(23)13-4-2-12(3-5-13)8-20-10-17-9-19-20/h2-5,9-11H,6-8H2,1H3,(H,18,24). The van der Waals surface area contributed by atoms with E-state index in [9.17, 15) is 14.4 Å². The van der Waals surface area contributed by atoms with Crippen molar-refractivity contribution in [3.8, 4) is 0 Å². The number of aromatic nitrogens is 3. The van der Waals surface area contributed by atoms with Crippen LogP contribution in [0.2, 0.25) is 0 Å². The monoisotopic (exact) mass is 343 g/mol. The molecule has 1 aromatic heterocycles. The van der Waals surface area contributed by atoms with E-state index >= 15 is 0 Å². The number of hydrogen-bond acceptors (Lipinski definition) is 6. The van der Waals surface area contributed by atoms with E-state index in [0.717, 1.165) is 10.5 Å². The molecule has 2 heterocycles. The lowest BCUT2D eigenvalue weighted by Gasteiger charge is -2.18. The summed E-state index contributed by atoms with van der Waals surface area (Å²) in [5.74, 6) is -1.15. The molecule has 1 atom stereocenters. The maximum Gasteiger partial charge on any atom is 0.338 e. The zero-order valence-corrected chi connectivity index (χ0v) is 13.6. The molecule has 2 aromatic rings. The van der Waals surface area contributed by atoms with E-state index in [-0.39, 0.29) is 6.54 Å². The van der Waals surface area contributed by atoms with Gasteiger partial charge in [0.05, 0.1) is 12.1 Å². The highest BCUT2D eigenvalue weighted by Crippen LogP contribution is 2.10. The van der Waals surface area contributed by atoms with Gasteiger partial charge < -0.3 is 10.1 Å². The number of amides is 3. The Balaban J connectivity index is 1.59. The maximum atomic E-state index is 12.2. The van der Waals surface area contributed by atoms with Crippen molar-refractivity contribution in [1.82, 2.24) is 25.0 Å². The lowest BCUT2D eigenvalue weighted by molar-refractivity contribution is -0.136. The summed E-state index contributed by atoms with van der Waals surface area (Å²) in [5, 5.41) is 6.54. The van der Waals surface area contributed by atoms with Crippen LogP contribution in [0.1, 0.15) is 22.8 Å². The number of rotatable bonds is 5. The van der Waals surface area contributed by atoms with Gasteiger partial charge in [0.2, 0.25) is 0 Å². The van der Waals surface area contributed by atoms with Crippen molar-refractivity contribution in [2.75, 3.05) is 13.1 Å². The van der Waals surface area contributed by atoms with Crippen LogP contribution in [0.5, 0.6) is 0 Å². The molecular weight excluding hydrogens is 326 g/mol. The predicted octanol–water partition coefficient (Wildman–Crippen LogP) is 0.424. The van der Waals surface area contributed by atoms with E-state index in [2.05, 4.69) is 15.4 Å². The molecule has 0 spiro atoms. The van der Waals surface area contributed by atoms with Crippen LogP contribution in [-0.2, 0) is 16.1 Å². The number of ether oxygens (including phenoxy) is 1. The number of imide groups is 1. The third-order valence-electron chi connectivity index (χ3n) is 3.76. The summed E-state index contributed by atoms with van der Waals surface area (Å²) in [7, 11) is 0. The summed E-state index contributed by atoms with van der Waals surface area (Å²) in [4.78, 5) is 40.7. The summed E-state index contributed by atoms with van der Waals surface area (Å²) in [6.07, 6.45) is 2.01. The summed E-state index contributed by atoms with van der Waals surface area (Å²) in [6.45, 7) is 2.66. The number of nitrogens with zero attached hydrogens (tertiary/aromatic N) is 4. The fraction of sp³-hybridized carbons (Fsp3) is 0.312. The Labute approximate surface area is 143 Å². The number of esters is 1. The first-order valence-electron chi connectivity index (χ1n) is 7.76. The number of hydrogen-bond donors (Lipinski definition) is 1. The third-order valence-corrected chi connectivity index (χ3v) is 3.76. The minimum absolute atomic E-state index is 0.274. The van der Waals surface area contributed by atoms with Crippen LogP contribution >= 0.6 is 0 Å². The molecule has 0 saturated carbocycles. The van der Waals surface area contributed by atoms with E-state index in [0.29, 0.717) is 18.7 Å². The van der Waals surface area contributed by atoms with Crippen LogP contribution < -0.4 is 5.32 Å². The second-order valence-electron chi connectivity index (χ2n) is 5.56. The molecule has 130 valence electrons. The molecule has 1 aliphatic heterocycles. The highest BCUT2D eigenvalue weighted by molar-refractivity contribution is 5.99. The van der Waals surface area contributed by atoms with Gasteiger partial charge in [-0.2, -0.15) is 5.10 Å². The third kappa shape index (κ3) is 3.82. The van der Waals surface area contributed by atoms with Crippen molar-refractivity contribution < 1.29 is 19.1 Å². The minimum atomic E-state index is -1.04. The molecule has 9 heteroatoms. The normalized spacial score (nSPS) is 14.9. The van der Waals surface area contributed by atoms with Gasteiger partial charge in [0.1, 0.15) is 12.7 Å². The Morgan fingerprint density at radius 3 is 2.68 bits per heavy atom. The van der Waals surface area contributed by atoms with Crippen molar-refractivity contribution in [1.29, 1.82) is 0 Å². The molecule has 25 heavy (non-hydrogen) atoms. The van der Waals surface area contributed by atoms with Gasteiger partial charge in [-0.25, -0.2) is 19.3 Å². The number of urea groups is 1. The molecule has 9 nitrogen and oxygen atoms in total. The fourth-order valence-corrected chi connectivity index (χ4v) is 2.43. The zero-order chi connectivity index (χ0) is 17.8. The van der Waals surface area contributed by atoms with Crippen molar-refractivity contribution in [2.45, 2.75) is 19.6 Å². The molecule has 0 radical (unpaired) electrons.